The third-order valence-electron chi connectivity index (χ3n) is 5.52. The monoisotopic (exact) mass is 440 g/mol. The van der Waals surface area contributed by atoms with Gasteiger partial charge in [-0.15, -0.1) is 0 Å². The maximum Gasteiger partial charge on any atom is 0.206 e. The zero-order chi connectivity index (χ0) is 22.4. The van der Waals surface area contributed by atoms with Crippen LogP contribution in [-0.2, 0) is 4.74 Å². The zero-order valence-electron chi connectivity index (χ0n) is 18.6. The lowest BCUT2D eigenvalue weighted by atomic mass is 10.2. The van der Waals surface area contributed by atoms with E-state index in [2.05, 4.69) is 84.9 Å². The molecular formula is C29H29O2P. The second-order valence-corrected chi connectivity index (χ2v) is 12.0. The Morgan fingerprint density at radius 1 is 0.625 bits per heavy atom. The number of benzene rings is 4. The molecule has 1 unspecified atom stereocenters. The number of rotatable bonds is 8. The van der Waals surface area contributed by atoms with Crippen LogP contribution in [-0.4, -0.2) is 12.2 Å². The van der Waals surface area contributed by atoms with Gasteiger partial charge in [0.1, 0.15) is 23.2 Å². The van der Waals surface area contributed by atoms with Crippen LogP contribution in [0.1, 0.15) is 25.3 Å². The topological polar surface area (TPSA) is 32.3 Å². The van der Waals surface area contributed by atoms with Crippen LogP contribution in [0.2, 0.25) is 0 Å². The average Bonchev–Trinajstić information content (AvgIpc) is 2.83. The van der Waals surface area contributed by atoms with E-state index in [0.717, 1.165) is 5.56 Å². The Kier molecular flexibility index (Phi) is 6.86. The molecule has 0 saturated heterocycles. The van der Waals surface area contributed by atoms with Gasteiger partial charge in [0.25, 0.3) is 0 Å². The molecule has 3 heteroatoms. The largest absolute Gasteiger partial charge is 0.848 e. The summed E-state index contributed by atoms with van der Waals surface area (Å²) in [5.41, 5.74) is -0.103. The number of ether oxygens (including phenoxy) is 1. The van der Waals surface area contributed by atoms with Gasteiger partial charge in [-0.2, -0.15) is 0 Å². The lowest BCUT2D eigenvalue weighted by Gasteiger charge is -2.38. The van der Waals surface area contributed by atoms with Crippen molar-refractivity contribution in [1.82, 2.24) is 0 Å². The van der Waals surface area contributed by atoms with E-state index in [1.54, 1.807) is 13.8 Å². The fraction of sp³-hybridized carbons (Fsp3) is 0.172. The van der Waals surface area contributed by atoms with Crippen molar-refractivity contribution in [3.63, 3.8) is 0 Å². The third-order valence-corrected chi connectivity index (χ3v) is 10.0. The molecular weight excluding hydrogens is 411 g/mol. The minimum absolute atomic E-state index is 0.126. The lowest BCUT2D eigenvalue weighted by Crippen LogP contribution is -2.43. The highest BCUT2D eigenvalue weighted by Crippen LogP contribution is 2.67. The molecule has 1 atom stereocenters. The Bertz CT molecular complexity index is 995. The second-order valence-electron chi connectivity index (χ2n) is 8.56. The average molecular weight is 441 g/mol. The van der Waals surface area contributed by atoms with Gasteiger partial charge in [-0.25, -0.2) is 0 Å². The maximum atomic E-state index is 12.7. The van der Waals surface area contributed by atoms with Gasteiger partial charge in [0, 0.05) is 12.2 Å². The molecule has 4 aromatic carbocycles. The summed E-state index contributed by atoms with van der Waals surface area (Å²) in [4.78, 5) is 0. The van der Waals surface area contributed by atoms with Crippen LogP contribution >= 0.6 is 7.26 Å². The Morgan fingerprint density at radius 2 is 0.969 bits per heavy atom. The number of hydrogen-bond donors (Lipinski definition) is 0. The van der Waals surface area contributed by atoms with E-state index in [4.69, 9.17) is 4.74 Å². The van der Waals surface area contributed by atoms with E-state index in [9.17, 15) is 5.11 Å². The number of hydrogen-bond acceptors (Lipinski definition) is 2. The van der Waals surface area contributed by atoms with Gasteiger partial charge in [-0.05, 0) is 36.4 Å². The van der Waals surface area contributed by atoms with Crippen molar-refractivity contribution in [3.05, 3.63) is 127 Å². The summed E-state index contributed by atoms with van der Waals surface area (Å²) in [6.45, 7) is 3.49. The molecule has 4 rings (SSSR count). The van der Waals surface area contributed by atoms with Crippen LogP contribution in [0.5, 0.6) is 0 Å². The van der Waals surface area contributed by atoms with E-state index >= 15 is 0 Å². The zero-order valence-corrected chi connectivity index (χ0v) is 19.5. The van der Waals surface area contributed by atoms with Gasteiger partial charge in [0.05, 0.1) is 0 Å². The molecule has 0 heterocycles. The first-order chi connectivity index (χ1) is 15.5. The van der Waals surface area contributed by atoms with Crippen LogP contribution in [0.25, 0.3) is 0 Å². The predicted molar refractivity (Wildman–Crippen MR) is 134 cm³/mol. The van der Waals surface area contributed by atoms with Crippen LogP contribution < -0.4 is 21.0 Å². The first-order valence-electron chi connectivity index (χ1n) is 10.9. The molecule has 0 N–H and O–H groups in total. The quantitative estimate of drug-likeness (QED) is 0.368. The summed E-state index contributed by atoms with van der Waals surface area (Å²) >= 11 is 0. The highest BCUT2D eigenvalue weighted by molar-refractivity contribution is 7.95. The summed E-state index contributed by atoms with van der Waals surface area (Å²) in [7, 11) is -2.33. The van der Waals surface area contributed by atoms with Gasteiger partial charge in [-0.3, -0.25) is 0 Å². The molecule has 0 aromatic heterocycles. The van der Waals surface area contributed by atoms with Crippen molar-refractivity contribution >= 4 is 23.2 Å². The van der Waals surface area contributed by atoms with E-state index in [0.29, 0.717) is 0 Å². The molecule has 0 saturated carbocycles. The summed E-state index contributed by atoms with van der Waals surface area (Å²) in [6, 6.07) is 42.3. The minimum Gasteiger partial charge on any atom is -0.848 e. The minimum atomic E-state index is -2.33. The third kappa shape index (κ3) is 4.69. The summed E-state index contributed by atoms with van der Waals surface area (Å²) in [6.07, 6.45) is 0. The SMILES string of the molecule is CC(C)([O-])COC(c1ccccc1)[P+](c1ccccc1)(c1ccccc1)c1ccccc1. The van der Waals surface area contributed by atoms with Crippen LogP contribution in [0, 0.1) is 0 Å². The lowest BCUT2D eigenvalue weighted by molar-refractivity contribution is -0.473. The molecule has 0 spiro atoms. The Labute approximate surface area is 191 Å². The van der Waals surface area contributed by atoms with Crippen molar-refractivity contribution in [2.45, 2.75) is 25.3 Å². The van der Waals surface area contributed by atoms with E-state index < -0.39 is 12.9 Å². The summed E-state index contributed by atoms with van der Waals surface area (Å²) in [5, 5.41) is 16.4. The molecule has 0 bridgehead atoms. The molecule has 0 amide bonds. The first kappa shape index (κ1) is 22.4. The predicted octanol–water partition coefficient (Wildman–Crippen LogP) is 4.83. The fourth-order valence-corrected chi connectivity index (χ4v) is 8.72. The van der Waals surface area contributed by atoms with Crippen molar-refractivity contribution < 1.29 is 9.84 Å². The Balaban J connectivity index is 2.06. The molecule has 4 aromatic rings. The molecule has 2 nitrogen and oxygen atoms in total. The maximum absolute atomic E-state index is 12.7. The standard InChI is InChI=1S/C29H29O2P/c1-29(2,30)23-31-28(24-15-7-3-8-16-24)32(25-17-9-4-10-18-25,26-19-11-5-12-20-26)27-21-13-6-14-22-27/h3-22,28H,23H2,1-2H3. The highest BCUT2D eigenvalue weighted by atomic mass is 31.2. The van der Waals surface area contributed by atoms with Crippen molar-refractivity contribution in [1.29, 1.82) is 0 Å². The fourth-order valence-electron chi connectivity index (χ4n) is 4.17. The van der Waals surface area contributed by atoms with Crippen LogP contribution in [0.15, 0.2) is 121 Å². The van der Waals surface area contributed by atoms with Crippen molar-refractivity contribution in [2.24, 2.45) is 0 Å². The summed E-state index contributed by atoms with van der Waals surface area (Å²) < 4.78 is 6.66. The van der Waals surface area contributed by atoms with Gasteiger partial charge in [0.15, 0.2) is 0 Å². The van der Waals surface area contributed by atoms with E-state index in [1.807, 2.05) is 36.4 Å². The van der Waals surface area contributed by atoms with Crippen LogP contribution in [0.3, 0.4) is 0 Å². The molecule has 162 valence electrons. The first-order valence-corrected chi connectivity index (χ1v) is 12.8. The van der Waals surface area contributed by atoms with Crippen LogP contribution in [0.4, 0.5) is 0 Å². The molecule has 0 fully saturated rings. The van der Waals surface area contributed by atoms with Gasteiger partial charge in [0.2, 0.25) is 5.85 Å². The van der Waals surface area contributed by atoms with Gasteiger partial charge < -0.3 is 9.84 Å². The van der Waals surface area contributed by atoms with Crippen molar-refractivity contribution in [2.75, 3.05) is 6.61 Å². The molecule has 32 heavy (non-hydrogen) atoms. The molecule has 0 aliphatic carbocycles. The second kappa shape index (κ2) is 9.79. The normalized spacial score (nSPS) is 13.0. The van der Waals surface area contributed by atoms with Gasteiger partial charge in [-0.1, -0.05) is 104 Å². The molecule has 0 radical (unpaired) electrons. The molecule has 0 aliphatic rings. The highest BCUT2D eigenvalue weighted by Gasteiger charge is 2.54. The summed E-state index contributed by atoms with van der Waals surface area (Å²) in [5.74, 6) is -0.288. The van der Waals surface area contributed by atoms with E-state index in [-0.39, 0.29) is 12.5 Å². The Morgan fingerprint density at radius 3 is 1.31 bits per heavy atom. The van der Waals surface area contributed by atoms with Gasteiger partial charge >= 0.3 is 0 Å². The van der Waals surface area contributed by atoms with Crippen molar-refractivity contribution in [3.8, 4) is 0 Å². The molecule has 0 aliphatic heterocycles. The Hall–Kier alpha value is -2.77. The van der Waals surface area contributed by atoms with E-state index in [1.165, 1.54) is 15.9 Å². The smallest absolute Gasteiger partial charge is 0.206 e.